The first kappa shape index (κ1) is 11.9. The maximum absolute atomic E-state index is 13.2. The highest BCUT2D eigenvalue weighted by atomic mass is 35.5. The fourth-order valence-electron chi connectivity index (χ4n) is 1.59. The van der Waals surface area contributed by atoms with Crippen LogP contribution in [-0.2, 0) is 13.1 Å². The molecule has 0 aliphatic rings. The second-order valence-electron chi connectivity index (χ2n) is 3.62. The molecule has 0 saturated heterocycles. The average Bonchev–Trinajstić information content (AvgIpc) is 2.78. The standard InChI is InChI=1S/C12H13ClFN3/c1-2-17-10(5-6-16-17)8-15-9-3-4-11(13)12(14)7-9/h3-7,15H,2,8H2,1H3. The first-order valence-corrected chi connectivity index (χ1v) is 5.78. The fourth-order valence-corrected chi connectivity index (χ4v) is 1.71. The summed E-state index contributed by atoms with van der Waals surface area (Å²) in [5.74, 6) is -0.416. The van der Waals surface area contributed by atoms with E-state index in [1.807, 2.05) is 17.7 Å². The number of hydrogen-bond acceptors (Lipinski definition) is 2. The first-order valence-electron chi connectivity index (χ1n) is 5.40. The summed E-state index contributed by atoms with van der Waals surface area (Å²) in [4.78, 5) is 0. The smallest absolute Gasteiger partial charge is 0.143 e. The molecule has 0 radical (unpaired) electrons. The molecule has 0 bridgehead atoms. The van der Waals surface area contributed by atoms with Crippen molar-refractivity contribution in [2.24, 2.45) is 0 Å². The number of aryl methyl sites for hydroxylation is 1. The van der Waals surface area contributed by atoms with Gasteiger partial charge in [0.2, 0.25) is 0 Å². The second-order valence-corrected chi connectivity index (χ2v) is 4.03. The minimum Gasteiger partial charge on any atom is -0.379 e. The van der Waals surface area contributed by atoms with Gasteiger partial charge < -0.3 is 5.32 Å². The summed E-state index contributed by atoms with van der Waals surface area (Å²) in [6.45, 7) is 3.45. The molecular weight excluding hydrogens is 241 g/mol. The Hall–Kier alpha value is -1.55. The predicted octanol–water partition coefficient (Wildman–Crippen LogP) is 3.31. The average molecular weight is 254 g/mol. The van der Waals surface area contributed by atoms with Gasteiger partial charge in [0, 0.05) is 18.4 Å². The van der Waals surface area contributed by atoms with Crippen molar-refractivity contribution in [1.82, 2.24) is 9.78 Å². The highest BCUT2D eigenvalue weighted by molar-refractivity contribution is 6.30. The lowest BCUT2D eigenvalue weighted by Gasteiger charge is -2.08. The number of rotatable bonds is 4. The predicted molar refractivity (Wildman–Crippen MR) is 66.6 cm³/mol. The zero-order chi connectivity index (χ0) is 12.3. The van der Waals surface area contributed by atoms with Gasteiger partial charge in [0.25, 0.3) is 0 Å². The lowest BCUT2D eigenvalue weighted by atomic mass is 10.3. The van der Waals surface area contributed by atoms with Crippen molar-refractivity contribution < 1.29 is 4.39 Å². The minimum atomic E-state index is -0.416. The van der Waals surface area contributed by atoms with E-state index in [9.17, 15) is 4.39 Å². The molecule has 0 aliphatic heterocycles. The number of aromatic nitrogens is 2. The Morgan fingerprint density at radius 2 is 2.24 bits per heavy atom. The molecule has 0 unspecified atom stereocenters. The van der Waals surface area contributed by atoms with Crippen LogP contribution in [0.2, 0.25) is 5.02 Å². The molecule has 1 N–H and O–H groups in total. The Morgan fingerprint density at radius 3 is 2.94 bits per heavy atom. The monoisotopic (exact) mass is 253 g/mol. The van der Waals surface area contributed by atoms with Crippen LogP contribution in [0.25, 0.3) is 0 Å². The Balaban J connectivity index is 2.05. The fraction of sp³-hybridized carbons (Fsp3) is 0.250. The van der Waals surface area contributed by atoms with Crippen molar-refractivity contribution in [3.63, 3.8) is 0 Å². The van der Waals surface area contributed by atoms with Gasteiger partial charge >= 0.3 is 0 Å². The molecule has 90 valence electrons. The van der Waals surface area contributed by atoms with E-state index in [1.165, 1.54) is 12.1 Å². The van der Waals surface area contributed by atoms with Gasteiger partial charge in [-0.05, 0) is 31.2 Å². The van der Waals surface area contributed by atoms with E-state index in [0.29, 0.717) is 12.2 Å². The van der Waals surface area contributed by atoms with Crippen molar-refractivity contribution in [2.75, 3.05) is 5.32 Å². The van der Waals surface area contributed by atoms with Crippen LogP contribution in [0.4, 0.5) is 10.1 Å². The van der Waals surface area contributed by atoms with Gasteiger partial charge in [-0.1, -0.05) is 11.6 Å². The van der Waals surface area contributed by atoms with Crippen LogP contribution in [0.3, 0.4) is 0 Å². The molecule has 2 aromatic rings. The van der Waals surface area contributed by atoms with Gasteiger partial charge in [-0.2, -0.15) is 5.10 Å². The van der Waals surface area contributed by atoms with E-state index >= 15 is 0 Å². The summed E-state index contributed by atoms with van der Waals surface area (Å²) in [7, 11) is 0. The van der Waals surface area contributed by atoms with Gasteiger partial charge in [0.1, 0.15) is 5.82 Å². The van der Waals surface area contributed by atoms with Crippen LogP contribution in [0.1, 0.15) is 12.6 Å². The molecule has 1 aromatic heterocycles. The van der Waals surface area contributed by atoms with Crippen LogP contribution in [0, 0.1) is 5.82 Å². The number of benzene rings is 1. The Morgan fingerprint density at radius 1 is 1.41 bits per heavy atom. The lowest BCUT2D eigenvalue weighted by molar-refractivity contribution is 0.624. The topological polar surface area (TPSA) is 29.9 Å². The minimum absolute atomic E-state index is 0.133. The van der Waals surface area contributed by atoms with Gasteiger partial charge in [0.05, 0.1) is 17.3 Å². The molecule has 0 atom stereocenters. The van der Waals surface area contributed by atoms with E-state index < -0.39 is 5.82 Å². The van der Waals surface area contributed by atoms with Gasteiger partial charge in [0.15, 0.2) is 0 Å². The van der Waals surface area contributed by atoms with Crippen LogP contribution in [0.15, 0.2) is 30.5 Å². The van der Waals surface area contributed by atoms with E-state index in [2.05, 4.69) is 10.4 Å². The molecule has 1 heterocycles. The van der Waals surface area contributed by atoms with Crippen molar-refractivity contribution in [2.45, 2.75) is 20.0 Å². The molecule has 1 aromatic carbocycles. The molecule has 0 aliphatic carbocycles. The third-order valence-corrected chi connectivity index (χ3v) is 2.80. The molecular formula is C12H13ClFN3. The summed E-state index contributed by atoms with van der Waals surface area (Å²) < 4.78 is 15.1. The zero-order valence-corrected chi connectivity index (χ0v) is 10.2. The highest BCUT2D eigenvalue weighted by Crippen LogP contribution is 2.19. The van der Waals surface area contributed by atoms with Gasteiger partial charge in [-0.3, -0.25) is 4.68 Å². The molecule has 5 heteroatoms. The molecule has 0 saturated carbocycles. The van der Waals surface area contributed by atoms with Gasteiger partial charge in [-0.25, -0.2) is 4.39 Å². The van der Waals surface area contributed by atoms with E-state index in [1.54, 1.807) is 12.3 Å². The number of halogens is 2. The number of anilines is 1. The van der Waals surface area contributed by atoms with Gasteiger partial charge in [-0.15, -0.1) is 0 Å². The summed E-state index contributed by atoms with van der Waals surface area (Å²) in [6.07, 6.45) is 1.75. The summed E-state index contributed by atoms with van der Waals surface area (Å²) in [5, 5.41) is 7.42. The molecule has 2 rings (SSSR count). The van der Waals surface area contributed by atoms with E-state index in [4.69, 9.17) is 11.6 Å². The summed E-state index contributed by atoms with van der Waals surface area (Å²) in [6, 6.07) is 6.60. The van der Waals surface area contributed by atoms with Crippen molar-refractivity contribution >= 4 is 17.3 Å². The second kappa shape index (κ2) is 5.19. The number of hydrogen-bond donors (Lipinski definition) is 1. The number of nitrogens with zero attached hydrogens (tertiary/aromatic N) is 2. The van der Waals surface area contributed by atoms with E-state index in [-0.39, 0.29) is 5.02 Å². The van der Waals surface area contributed by atoms with Crippen LogP contribution in [0.5, 0.6) is 0 Å². The zero-order valence-electron chi connectivity index (χ0n) is 9.45. The maximum atomic E-state index is 13.2. The van der Waals surface area contributed by atoms with Crippen LogP contribution < -0.4 is 5.32 Å². The molecule has 17 heavy (non-hydrogen) atoms. The lowest BCUT2D eigenvalue weighted by Crippen LogP contribution is -2.07. The largest absolute Gasteiger partial charge is 0.379 e. The van der Waals surface area contributed by atoms with E-state index in [0.717, 1.165) is 12.2 Å². The third-order valence-electron chi connectivity index (χ3n) is 2.50. The normalized spacial score (nSPS) is 10.5. The van der Waals surface area contributed by atoms with Crippen molar-refractivity contribution in [3.05, 3.63) is 47.0 Å². The summed E-state index contributed by atoms with van der Waals surface area (Å²) in [5.41, 5.74) is 1.76. The van der Waals surface area contributed by atoms with Crippen molar-refractivity contribution in [1.29, 1.82) is 0 Å². The highest BCUT2D eigenvalue weighted by Gasteiger charge is 2.03. The quantitative estimate of drug-likeness (QED) is 0.906. The number of nitrogens with one attached hydrogen (secondary N) is 1. The molecule has 0 spiro atoms. The summed E-state index contributed by atoms with van der Waals surface area (Å²) >= 11 is 5.61. The van der Waals surface area contributed by atoms with Crippen molar-refractivity contribution in [3.8, 4) is 0 Å². The maximum Gasteiger partial charge on any atom is 0.143 e. The first-order chi connectivity index (χ1) is 8.20. The Kier molecular flexibility index (Phi) is 3.64. The molecule has 0 fully saturated rings. The molecule has 0 amide bonds. The molecule has 3 nitrogen and oxygen atoms in total. The Bertz CT molecular complexity index is 510. The third kappa shape index (κ3) is 2.77. The SMILES string of the molecule is CCn1nccc1CNc1ccc(Cl)c(F)c1. The Labute approximate surface area is 104 Å². The van der Waals surface area contributed by atoms with Crippen LogP contribution in [-0.4, -0.2) is 9.78 Å². The van der Waals surface area contributed by atoms with Crippen LogP contribution >= 0.6 is 11.6 Å².